The lowest BCUT2D eigenvalue weighted by atomic mass is 9.81. The molecule has 7 heteroatoms. The number of benzene rings is 3. The first-order chi connectivity index (χ1) is 15.4. The molecule has 1 aliphatic rings. The molecule has 1 heterocycles. The Morgan fingerprint density at radius 3 is 2.38 bits per heavy atom. The molecule has 2 atom stereocenters. The molecule has 1 aliphatic heterocycles. The van der Waals surface area contributed by atoms with Gasteiger partial charge in [0.2, 0.25) is 5.54 Å². The van der Waals surface area contributed by atoms with Crippen molar-refractivity contribution in [2.45, 2.75) is 25.4 Å². The Balaban J connectivity index is 2.04. The summed E-state index contributed by atoms with van der Waals surface area (Å²) >= 11 is 12.5. The topological polar surface area (TPSA) is 65.4 Å². The minimum absolute atomic E-state index is 0.148. The van der Waals surface area contributed by atoms with Crippen molar-refractivity contribution in [3.63, 3.8) is 0 Å². The van der Waals surface area contributed by atoms with Crippen molar-refractivity contribution in [3.05, 3.63) is 87.9 Å². The summed E-state index contributed by atoms with van der Waals surface area (Å²) in [4.78, 5) is 15.3. The smallest absolute Gasteiger partial charge is 0.349 e. The van der Waals surface area contributed by atoms with E-state index < -0.39 is 17.6 Å². The zero-order valence-electron chi connectivity index (χ0n) is 17.6. The fourth-order valence-corrected chi connectivity index (χ4v) is 4.30. The zero-order valence-corrected chi connectivity index (χ0v) is 19.1. The van der Waals surface area contributed by atoms with Gasteiger partial charge in [0.25, 0.3) is 0 Å². The second-order valence-corrected chi connectivity index (χ2v) is 8.46. The molecular weight excluding hydrogens is 445 g/mol. The van der Waals surface area contributed by atoms with Crippen LogP contribution in [0.15, 0.2) is 66.7 Å². The Bertz CT molecular complexity index is 1190. The van der Waals surface area contributed by atoms with E-state index >= 15 is 0 Å². The number of aryl methyl sites for hydroxylation is 1. The predicted octanol–water partition coefficient (Wildman–Crippen LogP) is 6.43. The van der Waals surface area contributed by atoms with Crippen LogP contribution in [-0.2, 0) is 9.53 Å². The van der Waals surface area contributed by atoms with E-state index in [0.29, 0.717) is 15.7 Å². The van der Waals surface area contributed by atoms with Crippen LogP contribution in [0.1, 0.15) is 24.1 Å². The van der Waals surface area contributed by atoms with E-state index in [1.165, 1.54) is 0 Å². The van der Waals surface area contributed by atoms with E-state index in [-0.39, 0.29) is 6.61 Å². The number of anilines is 3. The van der Waals surface area contributed by atoms with Gasteiger partial charge in [0.1, 0.15) is 12.1 Å². The molecule has 0 amide bonds. The van der Waals surface area contributed by atoms with Crippen LogP contribution in [0.4, 0.5) is 17.1 Å². The number of hydrogen-bond donors (Lipinski definition) is 1. The molecule has 3 aromatic rings. The van der Waals surface area contributed by atoms with Gasteiger partial charge in [-0.25, -0.2) is 4.79 Å². The van der Waals surface area contributed by atoms with Gasteiger partial charge in [0.05, 0.1) is 18.0 Å². The maximum Gasteiger partial charge on any atom is 0.349 e. The monoisotopic (exact) mass is 465 g/mol. The van der Waals surface area contributed by atoms with E-state index in [9.17, 15) is 10.1 Å². The summed E-state index contributed by atoms with van der Waals surface area (Å²) in [7, 11) is 0. The number of nitrogens with zero attached hydrogens (tertiary/aromatic N) is 2. The molecule has 2 unspecified atom stereocenters. The van der Waals surface area contributed by atoms with Gasteiger partial charge in [-0.3, -0.25) is 0 Å². The Kier molecular flexibility index (Phi) is 6.01. The molecule has 0 saturated carbocycles. The summed E-state index contributed by atoms with van der Waals surface area (Å²) < 4.78 is 5.39. The maximum atomic E-state index is 13.3. The molecular formula is C25H21Cl2N3O2. The third-order valence-electron chi connectivity index (χ3n) is 5.49. The van der Waals surface area contributed by atoms with Crippen molar-refractivity contribution >= 4 is 46.2 Å². The Morgan fingerprint density at radius 1 is 1.09 bits per heavy atom. The average molecular weight is 466 g/mol. The Hall–Kier alpha value is -3.20. The predicted molar refractivity (Wildman–Crippen MR) is 128 cm³/mol. The van der Waals surface area contributed by atoms with Gasteiger partial charge in [-0.05, 0) is 61.9 Å². The highest BCUT2D eigenvalue weighted by Crippen LogP contribution is 2.50. The third kappa shape index (κ3) is 3.77. The van der Waals surface area contributed by atoms with E-state index in [1.807, 2.05) is 54.3 Å². The van der Waals surface area contributed by atoms with Crippen molar-refractivity contribution in [2.75, 3.05) is 16.8 Å². The van der Waals surface area contributed by atoms with Gasteiger partial charge in [-0.1, -0.05) is 53.0 Å². The summed E-state index contributed by atoms with van der Waals surface area (Å²) in [5.74, 6) is -0.653. The highest BCUT2D eigenvalue weighted by Gasteiger charge is 2.55. The molecule has 1 N–H and O–H groups in total. The van der Waals surface area contributed by atoms with Crippen molar-refractivity contribution < 1.29 is 9.53 Å². The molecule has 0 aliphatic carbocycles. The SMILES string of the molecule is CCOC(=O)C1(C#N)Nc2ccc(Cl)cc2N(c2ccc(C)cc2)C1c1ccc(Cl)cc1. The van der Waals surface area contributed by atoms with Gasteiger partial charge in [-0.15, -0.1) is 0 Å². The van der Waals surface area contributed by atoms with E-state index in [1.54, 1.807) is 31.2 Å². The number of carbonyl (C=O) groups excluding carboxylic acids is 1. The van der Waals surface area contributed by atoms with Crippen molar-refractivity contribution in [1.82, 2.24) is 0 Å². The number of carbonyl (C=O) groups is 1. The van der Waals surface area contributed by atoms with Crippen molar-refractivity contribution in [3.8, 4) is 6.07 Å². The number of ether oxygens (including phenoxy) is 1. The fraction of sp³-hybridized carbons (Fsp3) is 0.200. The van der Waals surface area contributed by atoms with E-state index in [2.05, 4.69) is 11.4 Å². The number of rotatable bonds is 4. The van der Waals surface area contributed by atoms with Crippen LogP contribution in [0.2, 0.25) is 10.0 Å². The standard InChI is InChI=1S/C25H21Cl2N3O2/c1-3-32-24(31)25(15-28)23(17-6-8-18(26)9-7-17)30(20-11-4-16(2)5-12-20)22-14-19(27)10-13-21(22)29-25/h4-14,23,29H,3H2,1-2H3. The highest BCUT2D eigenvalue weighted by atomic mass is 35.5. The molecule has 32 heavy (non-hydrogen) atoms. The molecule has 0 aromatic heterocycles. The number of hydrogen-bond acceptors (Lipinski definition) is 5. The molecule has 0 radical (unpaired) electrons. The molecule has 3 aromatic carbocycles. The first-order valence-corrected chi connectivity index (χ1v) is 10.9. The lowest BCUT2D eigenvalue weighted by molar-refractivity contribution is -0.147. The van der Waals surface area contributed by atoms with Crippen molar-refractivity contribution in [1.29, 1.82) is 5.26 Å². The van der Waals surface area contributed by atoms with Crippen LogP contribution in [0.5, 0.6) is 0 Å². The summed E-state index contributed by atoms with van der Waals surface area (Å²) in [6.07, 6.45) is 0. The van der Waals surface area contributed by atoms with Crippen LogP contribution < -0.4 is 10.2 Å². The normalized spacial score (nSPS) is 19.5. The molecule has 162 valence electrons. The number of nitriles is 1. The summed E-state index contributed by atoms with van der Waals surface area (Å²) in [5, 5.41) is 14.7. The Morgan fingerprint density at radius 2 is 1.75 bits per heavy atom. The molecule has 0 fully saturated rings. The van der Waals surface area contributed by atoms with Gasteiger partial charge < -0.3 is 15.0 Å². The Labute approximate surface area is 197 Å². The first-order valence-electron chi connectivity index (χ1n) is 10.2. The van der Waals surface area contributed by atoms with Gasteiger partial charge in [0, 0.05) is 15.7 Å². The van der Waals surface area contributed by atoms with Crippen LogP contribution in [0.25, 0.3) is 0 Å². The number of halogens is 2. The maximum absolute atomic E-state index is 13.3. The van der Waals surface area contributed by atoms with Crippen molar-refractivity contribution in [2.24, 2.45) is 0 Å². The molecule has 0 spiro atoms. The lowest BCUT2D eigenvalue weighted by Gasteiger charge is -2.47. The quantitative estimate of drug-likeness (QED) is 0.449. The second-order valence-electron chi connectivity index (χ2n) is 7.59. The summed E-state index contributed by atoms with van der Waals surface area (Å²) in [6, 6.07) is 21.8. The first kappa shape index (κ1) is 22.0. The zero-order chi connectivity index (χ0) is 22.9. The molecule has 4 rings (SSSR count). The van der Waals surface area contributed by atoms with Gasteiger partial charge >= 0.3 is 5.97 Å². The van der Waals surface area contributed by atoms with E-state index in [0.717, 1.165) is 22.5 Å². The van der Waals surface area contributed by atoms with Crippen LogP contribution in [0, 0.1) is 18.3 Å². The third-order valence-corrected chi connectivity index (χ3v) is 5.98. The largest absolute Gasteiger partial charge is 0.463 e. The summed E-state index contributed by atoms with van der Waals surface area (Å²) in [6.45, 7) is 3.87. The van der Waals surface area contributed by atoms with Gasteiger partial charge in [-0.2, -0.15) is 5.26 Å². The van der Waals surface area contributed by atoms with Crippen LogP contribution in [-0.4, -0.2) is 18.1 Å². The number of fused-ring (bicyclic) bond motifs is 1. The lowest BCUT2D eigenvalue weighted by Crippen LogP contribution is -2.58. The number of nitrogens with one attached hydrogen (secondary N) is 1. The average Bonchev–Trinajstić information content (AvgIpc) is 2.79. The van der Waals surface area contributed by atoms with E-state index in [4.69, 9.17) is 27.9 Å². The molecule has 0 saturated heterocycles. The second kappa shape index (κ2) is 8.74. The molecule has 0 bridgehead atoms. The minimum atomic E-state index is -1.71. The minimum Gasteiger partial charge on any atom is -0.463 e. The van der Waals surface area contributed by atoms with Crippen LogP contribution >= 0.6 is 23.2 Å². The molecule has 5 nitrogen and oxygen atoms in total. The van der Waals surface area contributed by atoms with Gasteiger partial charge in [0.15, 0.2) is 0 Å². The fourth-order valence-electron chi connectivity index (χ4n) is 4.00. The summed E-state index contributed by atoms with van der Waals surface area (Å²) in [5.41, 5.74) is 2.27. The highest BCUT2D eigenvalue weighted by molar-refractivity contribution is 6.31. The van der Waals surface area contributed by atoms with Crippen LogP contribution in [0.3, 0.4) is 0 Å². The number of esters is 1.